The Morgan fingerprint density at radius 3 is 2.31 bits per heavy atom. The van der Waals surface area contributed by atoms with Gasteiger partial charge in [0.2, 0.25) is 0 Å². The molecule has 1 rings (SSSR count). The number of hydrogen-bond acceptors (Lipinski definition) is 1. The van der Waals surface area contributed by atoms with Crippen LogP contribution < -0.4 is 0 Å². The van der Waals surface area contributed by atoms with Crippen LogP contribution in [0, 0.1) is 5.92 Å². The maximum absolute atomic E-state index is 12.4. The van der Waals surface area contributed by atoms with Gasteiger partial charge in [-0.1, -0.05) is 29.8 Å². The van der Waals surface area contributed by atoms with Crippen molar-refractivity contribution in [2.75, 3.05) is 0 Å². The quantitative estimate of drug-likeness (QED) is 0.743. The summed E-state index contributed by atoms with van der Waals surface area (Å²) in [6.45, 7) is 3.30. The number of hydrogen-bond donors (Lipinski definition) is 0. The van der Waals surface area contributed by atoms with Crippen LogP contribution >= 0.6 is 15.9 Å². The van der Waals surface area contributed by atoms with E-state index in [4.69, 9.17) is 0 Å². The van der Waals surface area contributed by atoms with Crippen molar-refractivity contribution >= 4 is 21.7 Å². The lowest BCUT2D eigenvalue weighted by molar-refractivity contribution is -0.137. The van der Waals surface area contributed by atoms with Gasteiger partial charge in [0.15, 0.2) is 5.78 Å². The Morgan fingerprint density at radius 2 is 1.88 bits per heavy atom. The Hall–Kier alpha value is -0.840. The second-order valence-electron chi connectivity index (χ2n) is 3.71. The highest BCUT2D eigenvalue weighted by Gasteiger charge is 2.31. The summed E-state index contributed by atoms with van der Waals surface area (Å²) in [4.78, 5) is 11.6. The molecule has 0 spiro atoms. The van der Waals surface area contributed by atoms with Gasteiger partial charge in [0, 0.05) is 16.0 Å². The molecule has 0 unspecified atom stereocenters. The maximum Gasteiger partial charge on any atom is 0.416 e. The third-order valence-electron chi connectivity index (χ3n) is 2.08. The van der Waals surface area contributed by atoms with Gasteiger partial charge >= 0.3 is 6.18 Å². The van der Waals surface area contributed by atoms with Gasteiger partial charge in [-0.3, -0.25) is 4.79 Å². The van der Waals surface area contributed by atoms with E-state index in [0.29, 0.717) is 4.47 Å². The van der Waals surface area contributed by atoms with Crippen LogP contribution in [0.3, 0.4) is 0 Å². The Labute approximate surface area is 99.8 Å². The minimum Gasteiger partial charge on any atom is -0.294 e. The monoisotopic (exact) mass is 294 g/mol. The fourth-order valence-corrected chi connectivity index (χ4v) is 1.64. The van der Waals surface area contributed by atoms with Crippen molar-refractivity contribution in [1.82, 2.24) is 0 Å². The topological polar surface area (TPSA) is 17.1 Å². The van der Waals surface area contributed by atoms with E-state index in [1.165, 1.54) is 6.07 Å². The molecule has 0 N–H and O–H groups in total. The summed E-state index contributed by atoms with van der Waals surface area (Å²) in [6.07, 6.45) is -4.42. The fourth-order valence-electron chi connectivity index (χ4n) is 1.20. The highest BCUT2D eigenvalue weighted by Crippen LogP contribution is 2.32. The van der Waals surface area contributed by atoms with E-state index in [-0.39, 0.29) is 17.3 Å². The number of carbonyl (C=O) groups excluding carboxylic acids is 1. The molecule has 0 amide bonds. The van der Waals surface area contributed by atoms with E-state index >= 15 is 0 Å². The zero-order valence-electron chi connectivity index (χ0n) is 8.73. The van der Waals surface area contributed by atoms with Crippen LogP contribution in [0.5, 0.6) is 0 Å². The summed E-state index contributed by atoms with van der Waals surface area (Å²) < 4.78 is 37.7. The smallest absolute Gasteiger partial charge is 0.294 e. The van der Waals surface area contributed by atoms with Gasteiger partial charge in [-0.25, -0.2) is 0 Å². The van der Waals surface area contributed by atoms with Gasteiger partial charge in [0.25, 0.3) is 0 Å². The van der Waals surface area contributed by atoms with Crippen LogP contribution in [0.1, 0.15) is 29.8 Å². The molecule has 0 aromatic heterocycles. The summed E-state index contributed by atoms with van der Waals surface area (Å²) in [6, 6.07) is 3.08. The van der Waals surface area contributed by atoms with Crippen molar-refractivity contribution in [2.45, 2.75) is 20.0 Å². The van der Waals surface area contributed by atoms with Crippen LogP contribution in [0.2, 0.25) is 0 Å². The summed E-state index contributed by atoms with van der Waals surface area (Å²) in [5, 5.41) is 0. The SMILES string of the molecule is CC(C)C(=O)c1cc(C(F)(F)F)ccc1Br. The largest absolute Gasteiger partial charge is 0.416 e. The molecule has 0 aliphatic heterocycles. The number of benzene rings is 1. The second-order valence-corrected chi connectivity index (χ2v) is 4.57. The standard InChI is InChI=1S/C11H10BrF3O/c1-6(2)10(16)8-5-7(11(13,14)15)3-4-9(8)12/h3-6H,1-2H3. The molecule has 1 aromatic rings. The molecular weight excluding hydrogens is 285 g/mol. The minimum absolute atomic E-state index is 0.0739. The zero-order valence-corrected chi connectivity index (χ0v) is 10.3. The predicted octanol–water partition coefficient (Wildman–Crippen LogP) is 4.31. The number of rotatable bonds is 2. The van der Waals surface area contributed by atoms with Crippen LogP contribution in [0.15, 0.2) is 22.7 Å². The minimum atomic E-state index is -4.42. The van der Waals surface area contributed by atoms with Gasteiger partial charge in [-0.15, -0.1) is 0 Å². The lowest BCUT2D eigenvalue weighted by Gasteiger charge is -2.11. The van der Waals surface area contributed by atoms with Crippen molar-refractivity contribution in [1.29, 1.82) is 0 Å². The number of ketones is 1. The molecule has 0 atom stereocenters. The van der Waals surface area contributed by atoms with E-state index in [1.807, 2.05) is 0 Å². The number of halogens is 4. The van der Waals surface area contributed by atoms with Gasteiger partial charge in [-0.05, 0) is 18.2 Å². The zero-order chi connectivity index (χ0) is 12.5. The first-order chi connectivity index (χ1) is 7.23. The first-order valence-corrected chi connectivity index (χ1v) is 5.43. The van der Waals surface area contributed by atoms with Gasteiger partial charge in [0.1, 0.15) is 0 Å². The first kappa shape index (κ1) is 13.2. The highest BCUT2D eigenvalue weighted by atomic mass is 79.9. The molecule has 0 saturated carbocycles. The Bertz CT molecular complexity index is 410. The van der Waals surface area contributed by atoms with Gasteiger partial charge < -0.3 is 0 Å². The third kappa shape index (κ3) is 2.84. The molecule has 5 heteroatoms. The van der Waals surface area contributed by atoms with Crippen molar-refractivity contribution < 1.29 is 18.0 Å². The number of Topliss-reactive ketones (excluding diaryl/α,β-unsaturated/α-hetero) is 1. The molecule has 0 fully saturated rings. The Balaban J connectivity index is 3.25. The van der Waals surface area contributed by atoms with E-state index in [9.17, 15) is 18.0 Å². The molecule has 0 saturated heterocycles. The number of carbonyl (C=O) groups is 1. The second kappa shape index (κ2) is 4.57. The van der Waals surface area contributed by atoms with Crippen LogP contribution in [-0.4, -0.2) is 5.78 Å². The Morgan fingerprint density at radius 1 is 1.31 bits per heavy atom. The first-order valence-electron chi connectivity index (χ1n) is 4.64. The lowest BCUT2D eigenvalue weighted by atomic mass is 9.99. The van der Waals surface area contributed by atoms with E-state index in [1.54, 1.807) is 13.8 Å². The average molecular weight is 295 g/mol. The molecule has 0 aliphatic carbocycles. The highest BCUT2D eigenvalue weighted by molar-refractivity contribution is 9.10. The predicted molar refractivity (Wildman–Crippen MR) is 58.3 cm³/mol. The molecule has 0 radical (unpaired) electrons. The number of alkyl halides is 3. The van der Waals surface area contributed by atoms with Crippen molar-refractivity contribution in [3.63, 3.8) is 0 Å². The molecule has 0 bridgehead atoms. The summed E-state index contributed by atoms with van der Waals surface area (Å²) >= 11 is 3.08. The van der Waals surface area contributed by atoms with Crippen LogP contribution in [0.25, 0.3) is 0 Å². The molecule has 16 heavy (non-hydrogen) atoms. The maximum atomic E-state index is 12.4. The lowest BCUT2D eigenvalue weighted by Crippen LogP contribution is -2.11. The van der Waals surface area contributed by atoms with Gasteiger partial charge in [0.05, 0.1) is 5.56 Å². The van der Waals surface area contributed by atoms with E-state index in [2.05, 4.69) is 15.9 Å². The Kier molecular flexibility index (Phi) is 3.78. The third-order valence-corrected chi connectivity index (χ3v) is 2.78. The summed E-state index contributed by atoms with van der Waals surface area (Å²) in [7, 11) is 0. The van der Waals surface area contributed by atoms with Crippen molar-refractivity contribution in [3.05, 3.63) is 33.8 Å². The summed E-state index contributed by atoms with van der Waals surface area (Å²) in [5.41, 5.74) is -0.732. The molecule has 1 nitrogen and oxygen atoms in total. The molecule has 88 valence electrons. The van der Waals surface area contributed by atoms with Crippen molar-refractivity contribution in [2.24, 2.45) is 5.92 Å². The molecule has 0 heterocycles. The van der Waals surface area contributed by atoms with Gasteiger partial charge in [-0.2, -0.15) is 13.2 Å². The van der Waals surface area contributed by atoms with E-state index in [0.717, 1.165) is 12.1 Å². The van der Waals surface area contributed by atoms with Crippen molar-refractivity contribution in [3.8, 4) is 0 Å². The van der Waals surface area contributed by atoms with Crippen LogP contribution in [-0.2, 0) is 6.18 Å². The molecular formula is C11H10BrF3O. The molecule has 0 aliphatic rings. The molecule has 1 aromatic carbocycles. The fraction of sp³-hybridized carbons (Fsp3) is 0.364. The average Bonchev–Trinajstić information content (AvgIpc) is 2.15. The normalized spacial score (nSPS) is 11.9. The summed E-state index contributed by atoms with van der Waals surface area (Å²) in [5.74, 6) is -0.641. The van der Waals surface area contributed by atoms with Crippen LogP contribution in [0.4, 0.5) is 13.2 Å². The van der Waals surface area contributed by atoms with E-state index < -0.39 is 11.7 Å².